The zero-order valence-corrected chi connectivity index (χ0v) is 11.8. The van der Waals surface area contributed by atoms with E-state index in [0.29, 0.717) is 13.0 Å². The fraction of sp³-hybridized carbons (Fsp3) is 0.533. The van der Waals surface area contributed by atoms with Crippen molar-refractivity contribution in [3.63, 3.8) is 0 Å². The number of carbonyl (C=O) groups excluding carboxylic acids is 1. The third-order valence-corrected chi connectivity index (χ3v) is 2.78. The lowest BCUT2D eigenvalue weighted by Crippen LogP contribution is -2.41. The van der Waals surface area contributed by atoms with Crippen LogP contribution in [0.3, 0.4) is 0 Å². The number of amides is 1. The molecule has 0 saturated carbocycles. The number of aryl methyl sites for hydroxylation is 1. The molecule has 0 radical (unpaired) electrons. The van der Waals surface area contributed by atoms with E-state index in [1.54, 1.807) is 0 Å². The summed E-state index contributed by atoms with van der Waals surface area (Å²) in [6.45, 7) is 8.48. The topological polar surface area (TPSA) is 55.1 Å². The maximum Gasteiger partial charge on any atom is 0.221 e. The first-order chi connectivity index (χ1) is 8.31. The molecule has 0 aromatic heterocycles. The smallest absolute Gasteiger partial charge is 0.221 e. The second-order valence-corrected chi connectivity index (χ2v) is 5.85. The average Bonchev–Trinajstić information content (AvgIpc) is 2.25. The summed E-state index contributed by atoms with van der Waals surface area (Å²) >= 11 is 0. The van der Waals surface area contributed by atoms with Gasteiger partial charge in [0.2, 0.25) is 5.91 Å². The molecule has 0 aliphatic carbocycles. The summed E-state index contributed by atoms with van der Waals surface area (Å²) in [5, 5.41) is 2.97. The molecule has 1 aromatic carbocycles. The molecule has 0 bridgehead atoms. The van der Waals surface area contributed by atoms with Gasteiger partial charge in [-0.15, -0.1) is 0 Å². The number of hydrogen-bond acceptors (Lipinski definition) is 2. The van der Waals surface area contributed by atoms with Gasteiger partial charge in [0.05, 0.1) is 0 Å². The zero-order chi connectivity index (χ0) is 13.8. The van der Waals surface area contributed by atoms with Gasteiger partial charge >= 0.3 is 0 Å². The molecule has 0 aliphatic heterocycles. The molecule has 1 atom stereocenters. The van der Waals surface area contributed by atoms with Crippen LogP contribution >= 0.6 is 0 Å². The van der Waals surface area contributed by atoms with Gasteiger partial charge < -0.3 is 11.1 Å². The summed E-state index contributed by atoms with van der Waals surface area (Å²) in [4.78, 5) is 11.9. The van der Waals surface area contributed by atoms with Crippen molar-refractivity contribution in [2.75, 3.05) is 6.54 Å². The predicted octanol–water partition coefficient (Wildman–Crippen LogP) is 2.34. The Hall–Kier alpha value is -1.35. The van der Waals surface area contributed by atoms with Crippen LogP contribution in [0.15, 0.2) is 24.3 Å². The molecule has 0 fully saturated rings. The molecule has 0 spiro atoms. The quantitative estimate of drug-likeness (QED) is 0.859. The maximum absolute atomic E-state index is 11.9. The van der Waals surface area contributed by atoms with Crippen LogP contribution in [-0.4, -0.2) is 18.0 Å². The molecule has 0 aliphatic rings. The Labute approximate surface area is 110 Å². The second kappa shape index (κ2) is 6.01. The van der Waals surface area contributed by atoms with Crippen LogP contribution in [0, 0.1) is 6.92 Å². The third-order valence-electron chi connectivity index (χ3n) is 2.78. The molecule has 3 N–H and O–H groups in total. The molecule has 1 amide bonds. The lowest BCUT2D eigenvalue weighted by molar-refractivity contribution is -0.122. The number of hydrogen-bond donors (Lipinski definition) is 2. The zero-order valence-electron chi connectivity index (χ0n) is 11.8. The molecule has 1 aromatic rings. The summed E-state index contributed by atoms with van der Waals surface area (Å²) in [6, 6.07) is 8.22. The van der Waals surface area contributed by atoms with Crippen LogP contribution in [0.4, 0.5) is 0 Å². The van der Waals surface area contributed by atoms with Crippen molar-refractivity contribution >= 4 is 5.91 Å². The number of benzene rings is 1. The Morgan fingerprint density at radius 2 is 1.83 bits per heavy atom. The fourth-order valence-electron chi connectivity index (χ4n) is 1.87. The highest BCUT2D eigenvalue weighted by Gasteiger charge is 2.18. The summed E-state index contributed by atoms with van der Waals surface area (Å²) in [7, 11) is 0. The minimum Gasteiger partial charge on any atom is -0.351 e. The highest BCUT2D eigenvalue weighted by molar-refractivity contribution is 5.77. The standard InChI is InChI=1S/C15H24N2O/c1-11-5-7-12(8-6-11)13(10-16)9-14(18)17-15(2,3)4/h5-8,13H,9-10,16H2,1-4H3,(H,17,18). The van der Waals surface area contributed by atoms with Crippen LogP contribution in [0.1, 0.15) is 44.2 Å². The lowest BCUT2D eigenvalue weighted by Gasteiger charge is -2.22. The minimum atomic E-state index is -0.191. The summed E-state index contributed by atoms with van der Waals surface area (Å²) in [5.74, 6) is 0.145. The van der Waals surface area contributed by atoms with Crippen molar-refractivity contribution in [2.45, 2.75) is 45.6 Å². The highest BCUT2D eigenvalue weighted by atomic mass is 16.1. The van der Waals surface area contributed by atoms with Gasteiger partial charge in [0, 0.05) is 17.9 Å². The Kier molecular flexibility index (Phi) is 4.91. The van der Waals surface area contributed by atoms with E-state index in [4.69, 9.17) is 5.73 Å². The maximum atomic E-state index is 11.9. The number of carbonyl (C=O) groups is 1. The molecule has 100 valence electrons. The van der Waals surface area contributed by atoms with Crippen LogP contribution in [0.5, 0.6) is 0 Å². The van der Waals surface area contributed by atoms with Crippen molar-refractivity contribution in [2.24, 2.45) is 5.73 Å². The van der Waals surface area contributed by atoms with Crippen LogP contribution in [-0.2, 0) is 4.79 Å². The van der Waals surface area contributed by atoms with E-state index in [0.717, 1.165) is 5.56 Å². The third kappa shape index (κ3) is 4.88. The van der Waals surface area contributed by atoms with Crippen molar-refractivity contribution in [3.05, 3.63) is 35.4 Å². The summed E-state index contributed by atoms with van der Waals surface area (Å²) < 4.78 is 0. The molecule has 0 saturated heterocycles. The molecular weight excluding hydrogens is 224 g/mol. The van der Waals surface area contributed by atoms with Crippen LogP contribution in [0.25, 0.3) is 0 Å². The van der Waals surface area contributed by atoms with E-state index in [1.165, 1.54) is 5.56 Å². The van der Waals surface area contributed by atoms with E-state index >= 15 is 0 Å². The van der Waals surface area contributed by atoms with Gasteiger partial charge in [0.15, 0.2) is 0 Å². The Balaban J connectivity index is 2.68. The van der Waals surface area contributed by atoms with E-state index < -0.39 is 0 Å². The Morgan fingerprint density at radius 3 is 2.28 bits per heavy atom. The summed E-state index contributed by atoms with van der Waals surface area (Å²) in [6.07, 6.45) is 0.441. The normalized spacial score (nSPS) is 13.2. The molecule has 3 nitrogen and oxygen atoms in total. The Morgan fingerprint density at radius 1 is 1.28 bits per heavy atom. The predicted molar refractivity (Wildman–Crippen MR) is 75.5 cm³/mol. The van der Waals surface area contributed by atoms with Crippen molar-refractivity contribution in [1.29, 1.82) is 0 Å². The number of rotatable bonds is 4. The second-order valence-electron chi connectivity index (χ2n) is 5.85. The number of nitrogens with two attached hydrogens (primary N) is 1. The minimum absolute atomic E-state index is 0.0542. The fourth-order valence-corrected chi connectivity index (χ4v) is 1.87. The SMILES string of the molecule is Cc1ccc(C(CN)CC(=O)NC(C)(C)C)cc1. The van der Waals surface area contributed by atoms with Crippen molar-refractivity contribution in [3.8, 4) is 0 Å². The first-order valence-electron chi connectivity index (χ1n) is 6.39. The average molecular weight is 248 g/mol. The van der Waals surface area contributed by atoms with Gasteiger partial charge in [-0.05, 0) is 39.8 Å². The Bertz CT molecular complexity index is 390. The monoisotopic (exact) mass is 248 g/mol. The van der Waals surface area contributed by atoms with Gasteiger partial charge in [-0.3, -0.25) is 4.79 Å². The molecule has 3 heteroatoms. The van der Waals surface area contributed by atoms with E-state index in [1.807, 2.05) is 27.7 Å². The van der Waals surface area contributed by atoms with Gasteiger partial charge in [0.1, 0.15) is 0 Å². The van der Waals surface area contributed by atoms with Crippen LogP contribution in [0.2, 0.25) is 0 Å². The first-order valence-corrected chi connectivity index (χ1v) is 6.39. The molecule has 1 rings (SSSR count). The van der Waals surface area contributed by atoms with Crippen molar-refractivity contribution < 1.29 is 4.79 Å². The van der Waals surface area contributed by atoms with Crippen molar-refractivity contribution in [1.82, 2.24) is 5.32 Å². The van der Waals surface area contributed by atoms with Gasteiger partial charge in [-0.2, -0.15) is 0 Å². The van der Waals surface area contributed by atoms with E-state index in [9.17, 15) is 4.79 Å². The first kappa shape index (κ1) is 14.7. The molecular formula is C15H24N2O. The molecule has 1 unspecified atom stereocenters. The molecule has 0 heterocycles. The summed E-state index contributed by atoms with van der Waals surface area (Å²) in [5.41, 5.74) is 7.93. The van der Waals surface area contributed by atoms with Crippen LogP contribution < -0.4 is 11.1 Å². The van der Waals surface area contributed by atoms with E-state index in [2.05, 4.69) is 29.6 Å². The highest BCUT2D eigenvalue weighted by Crippen LogP contribution is 2.19. The molecule has 18 heavy (non-hydrogen) atoms. The largest absolute Gasteiger partial charge is 0.351 e. The van der Waals surface area contributed by atoms with E-state index in [-0.39, 0.29) is 17.4 Å². The lowest BCUT2D eigenvalue weighted by atomic mass is 9.94. The van der Waals surface area contributed by atoms with Gasteiger partial charge in [-0.1, -0.05) is 29.8 Å². The number of nitrogens with one attached hydrogen (secondary N) is 1. The van der Waals surface area contributed by atoms with Gasteiger partial charge in [0.25, 0.3) is 0 Å². The van der Waals surface area contributed by atoms with Gasteiger partial charge in [-0.25, -0.2) is 0 Å².